The van der Waals surface area contributed by atoms with Gasteiger partial charge in [0.05, 0.1) is 79.3 Å². The minimum absolute atomic E-state index is 0.0432. The van der Waals surface area contributed by atoms with Gasteiger partial charge in [-0.05, 0) is 52.8 Å². The molecule has 3 aromatic rings. The monoisotopic (exact) mass is 749 g/mol. The molecule has 3 aromatic carbocycles. The number of unbranched alkanes of at least 4 members (excludes halogenated alkanes) is 5. The molecule has 0 unspecified atom stereocenters. The molecule has 0 aromatic heterocycles. The van der Waals surface area contributed by atoms with Gasteiger partial charge in [-0.15, -0.1) is 0 Å². The number of ether oxygens (including phenoxy) is 8. The average Bonchev–Trinajstić information content (AvgIpc) is 3.52. The van der Waals surface area contributed by atoms with Crippen molar-refractivity contribution in [1.29, 1.82) is 0 Å². The summed E-state index contributed by atoms with van der Waals surface area (Å²) in [5.41, 5.74) is 6.19. The van der Waals surface area contributed by atoms with E-state index in [2.05, 4.69) is 43.3 Å². The summed E-state index contributed by atoms with van der Waals surface area (Å²) in [4.78, 5) is 14.2. The van der Waals surface area contributed by atoms with Gasteiger partial charge in [-0.25, -0.2) is 4.79 Å². The smallest absolute Gasteiger partial charge is 0.409 e. The van der Waals surface area contributed by atoms with E-state index in [1.54, 1.807) is 11.9 Å². The molecule has 0 saturated carbocycles. The zero-order valence-corrected chi connectivity index (χ0v) is 32.7. The molecule has 0 aliphatic heterocycles. The summed E-state index contributed by atoms with van der Waals surface area (Å²) in [6.45, 7) is 9.33. The normalized spacial score (nSPS) is 12.1. The number of hydrogen-bond acceptors (Lipinski definition) is 9. The largest absolute Gasteiger partial charge is 0.491 e. The van der Waals surface area contributed by atoms with E-state index in [1.807, 2.05) is 36.4 Å². The predicted octanol–water partition coefficient (Wildman–Crippen LogP) is 7.95. The highest BCUT2D eigenvalue weighted by atomic mass is 16.6. The zero-order chi connectivity index (χ0) is 37.9. The molecule has 0 radical (unpaired) electrons. The molecule has 0 N–H and O–H groups in total. The lowest BCUT2D eigenvalue weighted by Crippen LogP contribution is -2.32. The first-order valence-electron chi connectivity index (χ1n) is 19.9. The highest BCUT2D eigenvalue weighted by Crippen LogP contribution is 2.44. The van der Waals surface area contributed by atoms with Gasteiger partial charge in [0.1, 0.15) is 19.0 Å². The van der Waals surface area contributed by atoms with Crippen molar-refractivity contribution in [2.24, 2.45) is 0 Å². The van der Waals surface area contributed by atoms with Gasteiger partial charge in [0.15, 0.2) is 0 Å². The summed E-state index contributed by atoms with van der Waals surface area (Å²) in [5.74, 6) is 0.924. The Hall–Kier alpha value is -3.51. The Balaban J connectivity index is 0.853. The third kappa shape index (κ3) is 16.5. The summed E-state index contributed by atoms with van der Waals surface area (Å²) in [5, 5.41) is 0. The molecule has 298 valence electrons. The Morgan fingerprint density at radius 1 is 0.556 bits per heavy atom. The van der Waals surface area contributed by atoms with Crippen molar-refractivity contribution in [1.82, 2.24) is 4.90 Å². The number of amides is 1. The van der Waals surface area contributed by atoms with Crippen molar-refractivity contribution in [3.63, 3.8) is 0 Å². The third-order valence-electron chi connectivity index (χ3n) is 9.32. The van der Waals surface area contributed by atoms with Crippen LogP contribution < -0.4 is 4.74 Å². The van der Waals surface area contributed by atoms with Crippen LogP contribution in [-0.2, 0) is 39.6 Å². The van der Waals surface area contributed by atoms with Crippen LogP contribution in [0.5, 0.6) is 5.75 Å². The topological polar surface area (TPSA) is 94.2 Å². The molecule has 0 fully saturated rings. The Bertz CT molecular complexity index is 1370. The molecule has 0 saturated heterocycles. The van der Waals surface area contributed by atoms with Crippen LogP contribution in [0, 0.1) is 0 Å². The van der Waals surface area contributed by atoms with Gasteiger partial charge in [0.2, 0.25) is 0 Å². The number of carbonyl (C=O) groups excluding carboxylic acids is 1. The molecule has 10 nitrogen and oxygen atoms in total. The quantitative estimate of drug-likeness (QED) is 0.0608. The second kappa shape index (κ2) is 27.1. The second-order valence-electron chi connectivity index (χ2n) is 13.4. The third-order valence-corrected chi connectivity index (χ3v) is 9.32. The summed E-state index contributed by atoms with van der Waals surface area (Å²) >= 11 is 0. The number of fused-ring (bicyclic) bond motifs is 3. The van der Waals surface area contributed by atoms with Crippen molar-refractivity contribution in [2.45, 2.75) is 57.8 Å². The fraction of sp³-hybridized carbons (Fsp3) is 0.568. The SMILES string of the molecule is CCCCCCCCc1ccc(OCCOCCOCCOCCOCCOCCOCCN(C)C(=O)OCC2c3ccccc3-c3ccccc32)cc1. The van der Waals surface area contributed by atoms with Gasteiger partial charge in [0.25, 0.3) is 0 Å². The summed E-state index contributed by atoms with van der Waals surface area (Å²) in [7, 11) is 1.72. The standard InChI is InChI=1S/C44H63NO9/c1-3-4-5-6-7-8-13-37-18-20-38(21-19-37)53-35-34-52-33-32-51-31-30-50-29-28-49-27-26-48-25-24-47-23-22-45(2)44(46)54-36-43-41-16-11-9-14-39(41)40-15-10-12-17-42(40)43/h9-12,14-21,43H,3-8,13,22-36H2,1-2H3. The molecule has 10 heteroatoms. The number of hydrogen-bond donors (Lipinski definition) is 0. The maximum absolute atomic E-state index is 12.6. The number of benzene rings is 3. The molecule has 4 rings (SSSR count). The van der Waals surface area contributed by atoms with Crippen LogP contribution in [0.15, 0.2) is 72.8 Å². The average molecular weight is 750 g/mol. The van der Waals surface area contributed by atoms with Crippen molar-refractivity contribution in [3.8, 4) is 16.9 Å². The molecule has 0 bridgehead atoms. The fourth-order valence-electron chi connectivity index (χ4n) is 6.28. The molecule has 1 aliphatic rings. The van der Waals surface area contributed by atoms with Crippen LogP contribution in [0.2, 0.25) is 0 Å². The highest BCUT2D eigenvalue weighted by molar-refractivity contribution is 5.79. The Kier molecular flexibility index (Phi) is 21.7. The number of nitrogens with zero attached hydrogens (tertiary/aromatic N) is 1. The molecule has 1 aliphatic carbocycles. The van der Waals surface area contributed by atoms with Crippen LogP contribution in [0.4, 0.5) is 4.79 Å². The molecule has 54 heavy (non-hydrogen) atoms. The molecule has 0 spiro atoms. The number of aryl methyl sites for hydroxylation is 1. The summed E-state index contributed by atoms with van der Waals surface area (Å²) < 4.78 is 44.9. The van der Waals surface area contributed by atoms with E-state index in [0.717, 1.165) is 12.2 Å². The van der Waals surface area contributed by atoms with E-state index >= 15 is 0 Å². The first-order chi connectivity index (χ1) is 26.7. The van der Waals surface area contributed by atoms with Gasteiger partial charge in [-0.1, -0.05) is 99.7 Å². The molecule has 0 heterocycles. The first kappa shape index (κ1) is 43.2. The maximum atomic E-state index is 12.6. The molecule has 0 atom stereocenters. The molecule has 1 amide bonds. The van der Waals surface area contributed by atoms with E-state index in [1.165, 1.54) is 66.3 Å². The first-order valence-corrected chi connectivity index (χ1v) is 19.9. The predicted molar refractivity (Wildman–Crippen MR) is 212 cm³/mol. The van der Waals surface area contributed by atoms with Crippen LogP contribution >= 0.6 is 0 Å². The van der Waals surface area contributed by atoms with Crippen LogP contribution in [0.3, 0.4) is 0 Å². The highest BCUT2D eigenvalue weighted by Gasteiger charge is 2.29. The number of likely N-dealkylation sites (N-methyl/N-ethyl adjacent to an activating group) is 1. The fourth-order valence-corrected chi connectivity index (χ4v) is 6.28. The van der Waals surface area contributed by atoms with Crippen LogP contribution in [0.25, 0.3) is 11.1 Å². The van der Waals surface area contributed by atoms with Gasteiger partial charge in [0, 0.05) is 19.5 Å². The lowest BCUT2D eigenvalue weighted by Gasteiger charge is -2.19. The summed E-state index contributed by atoms with van der Waals surface area (Å²) in [6, 6.07) is 25.0. The Labute approximate surface area is 323 Å². The van der Waals surface area contributed by atoms with Crippen LogP contribution in [0.1, 0.15) is 68.1 Å². The van der Waals surface area contributed by atoms with Crippen molar-refractivity contribution < 1.29 is 42.7 Å². The molecular weight excluding hydrogens is 686 g/mol. The van der Waals surface area contributed by atoms with E-state index < -0.39 is 0 Å². The van der Waals surface area contributed by atoms with Crippen molar-refractivity contribution in [2.75, 3.05) is 106 Å². The van der Waals surface area contributed by atoms with Gasteiger partial charge >= 0.3 is 6.09 Å². The van der Waals surface area contributed by atoms with Crippen LogP contribution in [-0.4, -0.2) is 117 Å². The van der Waals surface area contributed by atoms with Gasteiger partial charge < -0.3 is 42.8 Å². The molecular formula is C44H63NO9. The number of carbonyl (C=O) groups is 1. The second-order valence-corrected chi connectivity index (χ2v) is 13.4. The van der Waals surface area contributed by atoms with Crippen molar-refractivity contribution in [3.05, 3.63) is 89.5 Å². The lowest BCUT2D eigenvalue weighted by molar-refractivity contribution is -0.0183. The van der Waals surface area contributed by atoms with Gasteiger partial charge in [-0.3, -0.25) is 0 Å². The summed E-state index contributed by atoms with van der Waals surface area (Å²) in [6.07, 6.45) is 8.71. The van der Waals surface area contributed by atoms with E-state index in [9.17, 15) is 4.79 Å². The Morgan fingerprint density at radius 3 is 1.56 bits per heavy atom. The van der Waals surface area contributed by atoms with Crippen molar-refractivity contribution >= 4 is 6.09 Å². The minimum Gasteiger partial charge on any atom is -0.491 e. The lowest BCUT2D eigenvalue weighted by atomic mass is 9.98. The van der Waals surface area contributed by atoms with E-state index in [-0.39, 0.29) is 12.0 Å². The van der Waals surface area contributed by atoms with Gasteiger partial charge in [-0.2, -0.15) is 0 Å². The maximum Gasteiger partial charge on any atom is 0.409 e. The van der Waals surface area contributed by atoms with E-state index in [4.69, 9.17) is 37.9 Å². The number of rotatable bonds is 31. The minimum atomic E-state index is -0.358. The Morgan fingerprint density at radius 2 is 1.02 bits per heavy atom. The zero-order valence-electron chi connectivity index (χ0n) is 32.7. The van der Waals surface area contributed by atoms with E-state index in [0.29, 0.717) is 99.0 Å².